The Morgan fingerprint density at radius 3 is 2.54 bits per heavy atom. The van der Waals surface area contributed by atoms with E-state index in [1.807, 2.05) is 42.5 Å². The minimum Gasteiger partial charge on any atom is -0.294 e. The van der Waals surface area contributed by atoms with Crippen molar-refractivity contribution in [1.82, 2.24) is 15.2 Å². The Hall–Kier alpha value is -2.40. The summed E-state index contributed by atoms with van der Waals surface area (Å²) in [6.45, 7) is 2.13. The molecule has 3 aromatic rings. The van der Waals surface area contributed by atoms with Gasteiger partial charge in [0.2, 0.25) is 5.16 Å². The van der Waals surface area contributed by atoms with Crippen LogP contribution in [0, 0.1) is 0 Å². The average molecular weight is 337 g/mol. The first-order chi connectivity index (χ1) is 11.8. The molecule has 1 heterocycles. The topological polar surface area (TPSA) is 58.6 Å². The van der Waals surface area contributed by atoms with Crippen molar-refractivity contribution < 1.29 is 4.79 Å². The van der Waals surface area contributed by atoms with Crippen LogP contribution >= 0.6 is 11.8 Å². The maximum absolute atomic E-state index is 12.1. The maximum Gasteiger partial charge on any atom is 0.208 e. The van der Waals surface area contributed by atoms with E-state index in [1.165, 1.54) is 17.3 Å². The number of H-pyrrole nitrogens is 1. The quantitative estimate of drug-likeness (QED) is 0.513. The zero-order valence-electron chi connectivity index (χ0n) is 13.5. The first-order valence-corrected chi connectivity index (χ1v) is 8.97. The second-order valence-electron chi connectivity index (χ2n) is 5.40. The molecule has 0 atom stereocenters. The van der Waals surface area contributed by atoms with Crippen LogP contribution in [0.15, 0.2) is 59.8 Å². The summed E-state index contributed by atoms with van der Waals surface area (Å²) in [4.78, 5) is 16.6. The summed E-state index contributed by atoms with van der Waals surface area (Å²) in [6, 6.07) is 17.7. The van der Waals surface area contributed by atoms with E-state index in [-0.39, 0.29) is 5.78 Å². The number of carbonyl (C=O) groups is 1. The lowest BCUT2D eigenvalue weighted by molar-refractivity contribution is 0.0989. The molecule has 0 unspecified atom stereocenters. The predicted octanol–water partition coefficient (Wildman–Crippen LogP) is 4.40. The van der Waals surface area contributed by atoms with Gasteiger partial charge in [-0.05, 0) is 12.0 Å². The van der Waals surface area contributed by atoms with Crippen molar-refractivity contribution in [2.75, 3.05) is 5.75 Å². The van der Waals surface area contributed by atoms with Gasteiger partial charge in [0.25, 0.3) is 0 Å². The molecule has 122 valence electrons. The lowest BCUT2D eigenvalue weighted by Crippen LogP contribution is -2.00. The molecular weight excluding hydrogens is 318 g/mol. The zero-order chi connectivity index (χ0) is 16.8. The second-order valence-corrected chi connectivity index (χ2v) is 6.47. The van der Waals surface area contributed by atoms with Gasteiger partial charge in [-0.1, -0.05) is 73.3 Å². The number of hydrogen-bond acceptors (Lipinski definition) is 4. The van der Waals surface area contributed by atoms with Crippen molar-refractivity contribution in [3.63, 3.8) is 0 Å². The summed E-state index contributed by atoms with van der Waals surface area (Å²) < 4.78 is 0. The lowest BCUT2D eigenvalue weighted by atomic mass is 10.1. The molecule has 1 N–H and O–H groups in total. The number of ketones is 1. The van der Waals surface area contributed by atoms with Crippen molar-refractivity contribution in [3.8, 4) is 11.4 Å². The highest BCUT2D eigenvalue weighted by atomic mass is 32.2. The number of nitrogens with zero attached hydrogens (tertiary/aromatic N) is 2. The van der Waals surface area contributed by atoms with E-state index in [1.54, 1.807) is 0 Å². The maximum atomic E-state index is 12.1. The van der Waals surface area contributed by atoms with E-state index in [0.29, 0.717) is 17.3 Å². The number of aryl methyl sites for hydroxylation is 1. The predicted molar refractivity (Wildman–Crippen MR) is 97.3 cm³/mol. The molecule has 0 saturated heterocycles. The standard InChI is InChI=1S/C19H19N3OS/c1-2-14-8-10-16(11-9-14)18-20-19(22-21-18)24-13-12-17(23)15-6-4-3-5-7-15/h3-11H,2,12-13H2,1H3,(H,20,21,22). The van der Waals surface area contributed by atoms with Crippen LogP contribution in [0.25, 0.3) is 11.4 Å². The molecular formula is C19H19N3OS. The number of carbonyl (C=O) groups excluding carboxylic acids is 1. The van der Waals surface area contributed by atoms with Crippen LogP contribution in [0.1, 0.15) is 29.3 Å². The summed E-state index contributed by atoms with van der Waals surface area (Å²) in [5, 5.41) is 7.85. The van der Waals surface area contributed by atoms with Gasteiger partial charge in [0.05, 0.1) is 0 Å². The highest BCUT2D eigenvalue weighted by Crippen LogP contribution is 2.20. The van der Waals surface area contributed by atoms with Gasteiger partial charge >= 0.3 is 0 Å². The van der Waals surface area contributed by atoms with Crippen molar-refractivity contribution in [1.29, 1.82) is 0 Å². The van der Waals surface area contributed by atoms with Crippen LogP contribution in [0.2, 0.25) is 0 Å². The molecule has 0 aliphatic carbocycles. The number of benzene rings is 2. The highest BCUT2D eigenvalue weighted by Gasteiger charge is 2.09. The smallest absolute Gasteiger partial charge is 0.208 e. The number of thioether (sulfide) groups is 1. The van der Waals surface area contributed by atoms with E-state index in [2.05, 4.69) is 34.2 Å². The number of Topliss-reactive ketones (excluding diaryl/α,β-unsaturated/α-hetero) is 1. The third-order valence-corrected chi connectivity index (χ3v) is 4.61. The molecule has 4 nitrogen and oxygen atoms in total. The van der Waals surface area contributed by atoms with Crippen LogP contribution in [-0.2, 0) is 6.42 Å². The molecule has 5 heteroatoms. The fourth-order valence-electron chi connectivity index (χ4n) is 2.34. The largest absolute Gasteiger partial charge is 0.294 e. The lowest BCUT2D eigenvalue weighted by Gasteiger charge is -1.99. The summed E-state index contributed by atoms with van der Waals surface area (Å²) >= 11 is 1.49. The van der Waals surface area contributed by atoms with E-state index >= 15 is 0 Å². The van der Waals surface area contributed by atoms with Crippen LogP contribution in [-0.4, -0.2) is 26.7 Å². The van der Waals surface area contributed by atoms with Gasteiger partial charge in [-0.3, -0.25) is 9.89 Å². The third-order valence-electron chi connectivity index (χ3n) is 3.76. The summed E-state index contributed by atoms with van der Waals surface area (Å²) in [5.74, 6) is 1.57. The van der Waals surface area contributed by atoms with E-state index in [9.17, 15) is 4.79 Å². The Labute approximate surface area is 145 Å². The fourth-order valence-corrected chi connectivity index (χ4v) is 3.08. The number of nitrogens with one attached hydrogen (secondary N) is 1. The minimum absolute atomic E-state index is 0.147. The van der Waals surface area contributed by atoms with Crippen molar-refractivity contribution in [2.45, 2.75) is 24.9 Å². The monoisotopic (exact) mass is 337 g/mol. The molecule has 0 spiro atoms. The van der Waals surface area contributed by atoms with Gasteiger partial charge in [0.1, 0.15) is 0 Å². The Kier molecular flexibility index (Phi) is 5.43. The summed E-state index contributed by atoms with van der Waals surface area (Å²) in [5.41, 5.74) is 3.07. The number of rotatable bonds is 7. The molecule has 0 aliphatic heterocycles. The average Bonchev–Trinajstić information content (AvgIpc) is 3.11. The highest BCUT2D eigenvalue weighted by molar-refractivity contribution is 7.99. The second kappa shape index (κ2) is 7.93. The Bertz CT molecular complexity index is 797. The van der Waals surface area contributed by atoms with E-state index in [4.69, 9.17) is 0 Å². The molecule has 1 aromatic heterocycles. The normalized spacial score (nSPS) is 10.7. The molecule has 0 aliphatic rings. The number of hydrogen-bond donors (Lipinski definition) is 1. The number of aromatic amines is 1. The molecule has 0 saturated carbocycles. The van der Waals surface area contributed by atoms with Gasteiger partial charge in [-0.2, -0.15) is 0 Å². The van der Waals surface area contributed by atoms with Crippen LogP contribution in [0.4, 0.5) is 0 Å². The zero-order valence-corrected chi connectivity index (χ0v) is 14.3. The summed E-state index contributed by atoms with van der Waals surface area (Å²) in [6.07, 6.45) is 1.50. The van der Waals surface area contributed by atoms with Gasteiger partial charge in [-0.25, -0.2) is 4.98 Å². The first-order valence-electron chi connectivity index (χ1n) is 7.99. The molecule has 2 aromatic carbocycles. The summed E-state index contributed by atoms with van der Waals surface area (Å²) in [7, 11) is 0. The van der Waals surface area contributed by atoms with Gasteiger partial charge in [0, 0.05) is 23.3 Å². The van der Waals surface area contributed by atoms with Gasteiger partial charge < -0.3 is 0 Å². The Morgan fingerprint density at radius 2 is 1.83 bits per heavy atom. The molecule has 24 heavy (non-hydrogen) atoms. The van der Waals surface area contributed by atoms with Crippen molar-refractivity contribution >= 4 is 17.5 Å². The van der Waals surface area contributed by atoms with Crippen LogP contribution in [0.3, 0.4) is 0 Å². The van der Waals surface area contributed by atoms with Gasteiger partial charge in [0.15, 0.2) is 11.6 Å². The van der Waals surface area contributed by atoms with Crippen molar-refractivity contribution in [2.24, 2.45) is 0 Å². The van der Waals surface area contributed by atoms with Crippen LogP contribution < -0.4 is 0 Å². The molecule has 0 radical (unpaired) electrons. The van der Waals surface area contributed by atoms with Gasteiger partial charge in [-0.15, -0.1) is 5.10 Å². The Morgan fingerprint density at radius 1 is 1.08 bits per heavy atom. The van der Waals surface area contributed by atoms with E-state index < -0.39 is 0 Å². The minimum atomic E-state index is 0.147. The van der Waals surface area contributed by atoms with Crippen LogP contribution in [0.5, 0.6) is 0 Å². The number of aromatic nitrogens is 3. The SMILES string of the molecule is CCc1ccc(-c2nc(SCCC(=O)c3ccccc3)n[nH]2)cc1. The molecule has 0 bridgehead atoms. The van der Waals surface area contributed by atoms with Crippen molar-refractivity contribution in [3.05, 3.63) is 65.7 Å². The first kappa shape index (κ1) is 16.5. The molecule has 0 fully saturated rings. The Balaban J connectivity index is 1.55. The molecule has 0 amide bonds. The fraction of sp³-hybridized carbons (Fsp3) is 0.211. The van der Waals surface area contributed by atoms with E-state index in [0.717, 1.165) is 23.4 Å². The third kappa shape index (κ3) is 4.11. The molecule has 3 rings (SSSR count).